The fourth-order valence-electron chi connectivity index (χ4n) is 1.68. The zero-order chi connectivity index (χ0) is 13.3. The SMILES string of the molecule is Cc1n[nH]c(C)c1S(=O)(=O)Nc1ccccc1I. The quantitative estimate of drug-likeness (QED) is 0.807. The number of rotatable bonds is 3. The largest absolute Gasteiger partial charge is 0.281 e. The summed E-state index contributed by atoms with van der Waals surface area (Å²) in [6, 6.07) is 7.21. The molecule has 0 saturated carbocycles. The number of sulfonamides is 1. The van der Waals surface area contributed by atoms with Crippen molar-refractivity contribution in [3.63, 3.8) is 0 Å². The van der Waals surface area contributed by atoms with E-state index in [2.05, 4.69) is 37.5 Å². The van der Waals surface area contributed by atoms with Crippen LogP contribution in [0, 0.1) is 17.4 Å². The van der Waals surface area contributed by atoms with Crippen molar-refractivity contribution in [3.8, 4) is 0 Å². The van der Waals surface area contributed by atoms with E-state index < -0.39 is 10.0 Å². The first-order chi connectivity index (χ1) is 8.42. The molecule has 0 fully saturated rings. The molecule has 2 aromatic rings. The smallest absolute Gasteiger partial charge is 0.265 e. The van der Waals surface area contributed by atoms with Gasteiger partial charge in [0.15, 0.2) is 0 Å². The highest BCUT2D eigenvalue weighted by molar-refractivity contribution is 14.1. The highest BCUT2D eigenvalue weighted by Crippen LogP contribution is 2.23. The monoisotopic (exact) mass is 377 g/mol. The number of H-pyrrole nitrogens is 1. The normalized spacial score (nSPS) is 11.5. The Bertz CT molecular complexity index is 660. The van der Waals surface area contributed by atoms with Gasteiger partial charge in [0.1, 0.15) is 4.90 Å². The Hall–Kier alpha value is -1.09. The van der Waals surface area contributed by atoms with Crippen LogP contribution in [0.4, 0.5) is 5.69 Å². The summed E-state index contributed by atoms with van der Waals surface area (Å²) in [6.45, 7) is 3.35. The van der Waals surface area contributed by atoms with E-state index in [-0.39, 0.29) is 4.90 Å². The molecule has 1 aromatic carbocycles. The van der Waals surface area contributed by atoms with E-state index in [1.165, 1.54) is 0 Å². The molecule has 0 saturated heterocycles. The predicted molar refractivity (Wildman–Crippen MR) is 78.0 cm³/mol. The van der Waals surface area contributed by atoms with Gasteiger partial charge < -0.3 is 0 Å². The van der Waals surface area contributed by atoms with Gasteiger partial charge in [-0.15, -0.1) is 0 Å². The number of halogens is 1. The first-order valence-corrected chi connectivity index (χ1v) is 7.77. The van der Waals surface area contributed by atoms with Crippen LogP contribution in [0.15, 0.2) is 29.2 Å². The van der Waals surface area contributed by atoms with Gasteiger partial charge in [0.2, 0.25) is 0 Å². The molecule has 0 aliphatic heterocycles. The number of nitrogens with one attached hydrogen (secondary N) is 2. The second-order valence-electron chi connectivity index (χ2n) is 3.85. The van der Waals surface area contributed by atoms with E-state index in [0.717, 1.165) is 3.57 Å². The van der Waals surface area contributed by atoms with Crippen molar-refractivity contribution < 1.29 is 8.42 Å². The minimum absolute atomic E-state index is 0.210. The summed E-state index contributed by atoms with van der Waals surface area (Å²) < 4.78 is 28.0. The number of benzene rings is 1. The summed E-state index contributed by atoms with van der Waals surface area (Å²) >= 11 is 2.09. The molecule has 2 N–H and O–H groups in total. The number of aromatic nitrogens is 2. The second kappa shape index (κ2) is 4.88. The molecule has 1 heterocycles. The van der Waals surface area contributed by atoms with Crippen LogP contribution in [-0.4, -0.2) is 18.6 Å². The lowest BCUT2D eigenvalue weighted by atomic mass is 10.3. The van der Waals surface area contributed by atoms with E-state index in [4.69, 9.17) is 0 Å². The molecular weight excluding hydrogens is 365 g/mol. The highest BCUT2D eigenvalue weighted by atomic mass is 127. The minimum atomic E-state index is -3.60. The van der Waals surface area contributed by atoms with Crippen molar-refractivity contribution >= 4 is 38.3 Å². The van der Waals surface area contributed by atoms with Crippen LogP contribution < -0.4 is 4.72 Å². The lowest BCUT2D eigenvalue weighted by Crippen LogP contribution is -2.15. The maximum atomic E-state index is 12.3. The third-order valence-corrected chi connectivity index (χ3v) is 5.02. The van der Waals surface area contributed by atoms with Crippen LogP contribution in [0.2, 0.25) is 0 Å². The summed E-state index contributed by atoms with van der Waals surface area (Å²) in [4.78, 5) is 0.210. The maximum Gasteiger partial charge on any atom is 0.265 e. The molecule has 0 aliphatic rings. The van der Waals surface area contributed by atoms with Gasteiger partial charge in [-0.25, -0.2) is 8.42 Å². The number of hydrogen-bond acceptors (Lipinski definition) is 3. The van der Waals surface area contributed by atoms with E-state index in [9.17, 15) is 8.42 Å². The van der Waals surface area contributed by atoms with Gasteiger partial charge in [-0.1, -0.05) is 12.1 Å². The number of aromatic amines is 1. The summed E-state index contributed by atoms with van der Waals surface area (Å²) in [5.74, 6) is 0. The van der Waals surface area contributed by atoms with E-state index in [1.54, 1.807) is 26.0 Å². The van der Waals surface area contributed by atoms with Crippen LogP contribution in [0.3, 0.4) is 0 Å². The number of aryl methyl sites for hydroxylation is 2. The van der Waals surface area contributed by atoms with Crippen molar-refractivity contribution in [2.75, 3.05) is 4.72 Å². The van der Waals surface area contributed by atoms with Crippen LogP contribution in [0.5, 0.6) is 0 Å². The predicted octanol–water partition coefficient (Wildman–Crippen LogP) is 2.43. The van der Waals surface area contributed by atoms with Crippen molar-refractivity contribution in [2.45, 2.75) is 18.7 Å². The fourth-order valence-corrected chi connectivity index (χ4v) is 3.83. The highest BCUT2D eigenvalue weighted by Gasteiger charge is 2.22. The Labute approximate surface area is 119 Å². The Morgan fingerprint density at radius 3 is 2.50 bits per heavy atom. The zero-order valence-corrected chi connectivity index (χ0v) is 12.8. The van der Waals surface area contributed by atoms with Crippen LogP contribution in [0.1, 0.15) is 11.4 Å². The molecule has 5 nitrogen and oxygen atoms in total. The van der Waals surface area contributed by atoms with E-state index >= 15 is 0 Å². The van der Waals surface area contributed by atoms with E-state index in [0.29, 0.717) is 17.1 Å². The van der Waals surface area contributed by atoms with Crippen molar-refractivity contribution in [2.24, 2.45) is 0 Å². The van der Waals surface area contributed by atoms with Crippen molar-refractivity contribution in [1.29, 1.82) is 0 Å². The van der Waals surface area contributed by atoms with Gasteiger partial charge in [-0.05, 0) is 48.6 Å². The molecule has 0 bridgehead atoms. The molecule has 0 aliphatic carbocycles. The van der Waals surface area contributed by atoms with Gasteiger partial charge in [-0.2, -0.15) is 5.10 Å². The van der Waals surface area contributed by atoms with Crippen LogP contribution >= 0.6 is 22.6 Å². The zero-order valence-electron chi connectivity index (χ0n) is 9.86. The minimum Gasteiger partial charge on any atom is -0.281 e. The Morgan fingerprint density at radius 1 is 1.28 bits per heavy atom. The van der Waals surface area contributed by atoms with Gasteiger partial charge in [-0.3, -0.25) is 9.82 Å². The molecule has 0 unspecified atom stereocenters. The van der Waals surface area contributed by atoms with Crippen molar-refractivity contribution in [3.05, 3.63) is 39.2 Å². The lowest BCUT2D eigenvalue weighted by Gasteiger charge is -2.09. The van der Waals surface area contributed by atoms with Gasteiger partial charge >= 0.3 is 0 Å². The van der Waals surface area contributed by atoms with Crippen LogP contribution in [0.25, 0.3) is 0 Å². The average Bonchev–Trinajstić information content (AvgIpc) is 2.62. The number of nitrogens with zero attached hydrogens (tertiary/aromatic N) is 1. The molecular formula is C11H12IN3O2S. The fraction of sp³-hybridized carbons (Fsp3) is 0.182. The number of anilines is 1. The third-order valence-electron chi connectivity index (χ3n) is 2.45. The third kappa shape index (κ3) is 2.51. The average molecular weight is 377 g/mol. The standard InChI is InChI=1S/C11H12IN3O2S/c1-7-11(8(2)14-13-7)18(16,17)15-10-6-4-3-5-9(10)12/h3-6,15H,1-2H3,(H,13,14). The van der Waals surface area contributed by atoms with Gasteiger partial charge in [0, 0.05) is 3.57 Å². The summed E-state index contributed by atoms with van der Waals surface area (Å²) in [6.07, 6.45) is 0. The molecule has 96 valence electrons. The number of hydrogen-bond donors (Lipinski definition) is 2. The topological polar surface area (TPSA) is 74.8 Å². The maximum absolute atomic E-state index is 12.3. The Kier molecular flexibility index (Phi) is 3.62. The van der Waals surface area contributed by atoms with Gasteiger partial charge in [0.05, 0.1) is 17.1 Å². The molecule has 0 amide bonds. The summed E-state index contributed by atoms with van der Waals surface area (Å²) in [5.41, 5.74) is 1.56. The molecule has 0 radical (unpaired) electrons. The Morgan fingerprint density at radius 2 is 1.94 bits per heavy atom. The first kappa shape index (κ1) is 13.3. The van der Waals surface area contributed by atoms with Crippen molar-refractivity contribution in [1.82, 2.24) is 10.2 Å². The van der Waals surface area contributed by atoms with E-state index in [1.807, 2.05) is 12.1 Å². The molecule has 1 aromatic heterocycles. The summed E-state index contributed by atoms with van der Waals surface area (Å²) in [7, 11) is -3.60. The molecule has 18 heavy (non-hydrogen) atoms. The Balaban J connectivity index is 2.43. The van der Waals surface area contributed by atoms with Crippen LogP contribution in [-0.2, 0) is 10.0 Å². The lowest BCUT2D eigenvalue weighted by molar-refractivity contribution is 0.600. The second-order valence-corrected chi connectivity index (χ2v) is 6.63. The molecule has 2 rings (SSSR count). The molecule has 0 atom stereocenters. The number of para-hydroxylation sites is 1. The molecule has 7 heteroatoms. The van der Waals surface area contributed by atoms with Gasteiger partial charge in [0.25, 0.3) is 10.0 Å². The molecule has 0 spiro atoms. The first-order valence-electron chi connectivity index (χ1n) is 5.21. The summed E-state index contributed by atoms with van der Waals surface area (Å²) in [5, 5.41) is 6.57.